The number of ether oxygens (including phenoxy) is 1. The van der Waals surface area contributed by atoms with E-state index >= 15 is 0 Å². The summed E-state index contributed by atoms with van der Waals surface area (Å²) in [6, 6.07) is 6.60. The van der Waals surface area contributed by atoms with Crippen LogP contribution >= 0.6 is 38.9 Å². The maximum Gasteiger partial charge on any atom is 0.339 e. The Hall–Kier alpha value is -1.40. The second-order valence-electron chi connectivity index (χ2n) is 4.79. The number of nitro groups is 1. The highest BCUT2D eigenvalue weighted by Gasteiger charge is 2.24. The van der Waals surface area contributed by atoms with Crippen LogP contribution in [0.3, 0.4) is 0 Å². The average Bonchev–Trinajstić information content (AvgIpc) is 2.40. The third kappa shape index (κ3) is 7.57. The van der Waals surface area contributed by atoms with Gasteiger partial charge in [-0.3, -0.25) is 14.7 Å². The molecule has 136 valence electrons. The van der Waals surface area contributed by atoms with Crippen LogP contribution in [0.2, 0.25) is 0 Å². The van der Waals surface area contributed by atoms with E-state index in [1.54, 1.807) is 26.0 Å². The van der Waals surface area contributed by atoms with Crippen LogP contribution in [0, 0.1) is 35.6 Å². The van der Waals surface area contributed by atoms with Crippen molar-refractivity contribution < 1.29 is 23.0 Å². The normalized spacial score (nSPS) is 10.7. The van der Waals surface area contributed by atoms with Crippen molar-refractivity contribution >= 4 is 44.6 Å². The van der Waals surface area contributed by atoms with E-state index in [1.807, 2.05) is 6.07 Å². The summed E-state index contributed by atoms with van der Waals surface area (Å²) in [5, 5.41) is 7.62. The largest absolute Gasteiger partial charge is 0.447 e. The highest BCUT2D eigenvalue weighted by molar-refractivity contribution is 8.24. The van der Waals surface area contributed by atoms with E-state index in [2.05, 4.69) is 33.7 Å². The molecule has 0 bridgehead atoms. The molecule has 2 aromatic rings. The van der Waals surface area contributed by atoms with E-state index in [4.69, 9.17) is 4.74 Å². The number of hydrogen-bond acceptors (Lipinski definition) is 4. The standard InChI is InChI=1S/C14H11F2NO3.Cl3OP/c1-8-5-9(2)7-10(6-8)20-14-12(17(18)19)4-3-11(15)13(14)16;1-5(2,3)4/h3-7H,1-2H3;. The molecule has 2 aromatic carbocycles. The molecule has 0 spiro atoms. The summed E-state index contributed by atoms with van der Waals surface area (Å²) < 4.78 is 41.6. The Kier molecular flexibility index (Phi) is 7.62. The highest BCUT2D eigenvalue weighted by atomic mass is 36.0. The Balaban J connectivity index is 0.000000550. The second-order valence-corrected chi connectivity index (χ2v) is 11.4. The molecule has 0 aliphatic rings. The van der Waals surface area contributed by atoms with Gasteiger partial charge in [-0.1, -0.05) is 6.07 Å². The van der Waals surface area contributed by atoms with Crippen molar-refractivity contribution in [2.75, 3.05) is 0 Å². The fourth-order valence-corrected chi connectivity index (χ4v) is 1.87. The molecule has 5 nitrogen and oxygen atoms in total. The molecule has 0 aromatic heterocycles. The number of benzene rings is 2. The molecular formula is C14H11Cl3F2NO4P. The van der Waals surface area contributed by atoms with Crippen LogP contribution in [0.4, 0.5) is 14.5 Å². The molecule has 0 aliphatic carbocycles. The molecule has 0 radical (unpaired) electrons. The van der Waals surface area contributed by atoms with Crippen molar-refractivity contribution in [1.29, 1.82) is 0 Å². The molecule has 0 amide bonds. The lowest BCUT2D eigenvalue weighted by Gasteiger charge is -2.09. The van der Waals surface area contributed by atoms with Crippen molar-refractivity contribution in [1.82, 2.24) is 0 Å². The maximum atomic E-state index is 13.7. The maximum absolute atomic E-state index is 13.7. The number of halogens is 5. The van der Waals surface area contributed by atoms with Gasteiger partial charge in [-0.15, -0.1) is 0 Å². The zero-order valence-electron chi connectivity index (χ0n) is 12.8. The molecule has 11 heteroatoms. The fourth-order valence-electron chi connectivity index (χ4n) is 1.87. The number of nitrogens with zero attached hydrogens (tertiary/aromatic N) is 1. The molecule has 0 saturated heterocycles. The van der Waals surface area contributed by atoms with Gasteiger partial charge in [0.2, 0.25) is 11.6 Å². The Morgan fingerprint density at radius 1 is 1.08 bits per heavy atom. The zero-order chi connectivity index (χ0) is 19.4. The number of nitro benzene ring substituents is 1. The molecule has 0 saturated carbocycles. The summed E-state index contributed by atoms with van der Waals surface area (Å²) in [6.07, 6.45) is 0. The van der Waals surface area contributed by atoms with E-state index in [1.165, 1.54) is 0 Å². The van der Waals surface area contributed by atoms with Crippen LogP contribution in [0.1, 0.15) is 11.1 Å². The molecule has 0 N–H and O–H groups in total. The van der Waals surface area contributed by atoms with Gasteiger partial charge < -0.3 is 4.74 Å². The first-order valence-electron chi connectivity index (χ1n) is 6.46. The summed E-state index contributed by atoms with van der Waals surface area (Å²) in [5.74, 6) is -3.08. The minimum absolute atomic E-state index is 0.218. The lowest BCUT2D eigenvalue weighted by molar-refractivity contribution is -0.385. The molecule has 0 unspecified atom stereocenters. The van der Waals surface area contributed by atoms with Gasteiger partial charge in [-0.2, -0.15) is 4.39 Å². The van der Waals surface area contributed by atoms with Crippen molar-refractivity contribution in [3.05, 3.63) is 63.2 Å². The topological polar surface area (TPSA) is 69.4 Å². The predicted octanol–water partition coefficient (Wildman–Crippen LogP) is 7.09. The SMILES string of the molecule is Cc1cc(C)cc(Oc2c([N+](=O)[O-])ccc(F)c2F)c1.O=P(Cl)(Cl)Cl. The molecular weight excluding hydrogens is 421 g/mol. The first-order valence-corrected chi connectivity index (χ1v) is 10.9. The quantitative estimate of drug-likeness (QED) is 0.295. The summed E-state index contributed by atoms with van der Waals surface area (Å²) >= 11 is 13.8. The van der Waals surface area contributed by atoms with Crippen LogP contribution in [0.15, 0.2) is 30.3 Å². The van der Waals surface area contributed by atoms with Crippen molar-refractivity contribution in [3.63, 3.8) is 0 Å². The zero-order valence-corrected chi connectivity index (χ0v) is 16.0. The van der Waals surface area contributed by atoms with Crippen LogP contribution in [0.25, 0.3) is 0 Å². The summed E-state index contributed by atoms with van der Waals surface area (Å²) in [7, 11) is 0. The van der Waals surface area contributed by atoms with E-state index in [0.717, 1.165) is 17.2 Å². The third-order valence-corrected chi connectivity index (χ3v) is 2.64. The first-order chi connectivity index (χ1) is 11.4. The van der Waals surface area contributed by atoms with Crippen molar-refractivity contribution in [2.45, 2.75) is 13.8 Å². The van der Waals surface area contributed by atoms with E-state index < -0.39 is 33.2 Å². The van der Waals surface area contributed by atoms with Gasteiger partial charge in [0, 0.05) is 6.07 Å². The van der Waals surface area contributed by atoms with Crippen LogP contribution in [0.5, 0.6) is 11.5 Å². The Morgan fingerprint density at radius 2 is 1.56 bits per heavy atom. The fraction of sp³-hybridized carbons (Fsp3) is 0.143. The van der Waals surface area contributed by atoms with Gasteiger partial charge in [0.15, 0.2) is 5.82 Å². The van der Waals surface area contributed by atoms with Gasteiger partial charge in [-0.05, 0) is 76.9 Å². The molecule has 0 heterocycles. The monoisotopic (exact) mass is 431 g/mol. The lowest BCUT2D eigenvalue weighted by Crippen LogP contribution is -1.99. The van der Waals surface area contributed by atoms with Gasteiger partial charge in [-0.25, -0.2) is 4.39 Å². The predicted molar refractivity (Wildman–Crippen MR) is 94.2 cm³/mol. The third-order valence-electron chi connectivity index (χ3n) is 2.64. The Labute approximate surface area is 156 Å². The highest BCUT2D eigenvalue weighted by Crippen LogP contribution is 2.61. The van der Waals surface area contributed by atoms with Crippen LogP contribution < -0.4 is 4.74 Å². The lowest BCUT2D eigenvalue weighted by atomic mass is 10.1. The smallest absolute Gasteiger partial charge is 0.339 e. The minimum Gasteiger partial charge on any atom is -0.447 e. The Morgan fingerprint density at radius 3 is 2.00 bits per heavy atom. The average molecular weight is 433 g/mol. The van der Waals surface area contributed by atoms with E-state index in [-0.39, 0.29) is 5.75 Å². The minimum atomic E-state index is -3.22. The summed E-state index contributed by atoms with van der Waals surface area (Å²) in [5.41, 5.74) is 1.07. The van der Waals surface area contributed by atoms with Crippen LogP contribution in [-0.2, 0) is 4.57 Å². The molecule has 25 heavy (non-hydrogen) atoms. The van der Waals surface area contributed by atoms with E-state index in [0.29, 0.717) is 6.07 Å². The van der Waals surface area contributed by atoms with Gasteiger partial charge in [0.05, 0.1) is 4.92 Å². The van der Waals surface area contributed by atoms with Crippen LogP contribution in [-0.4, -0.2) is 4.92 Å². The van der Waals surface area contributed by atoms with Gasteiger partial charge >= 0.3 is 10.9 Å². The Bertz CT molecular complexity index is 817. The van der Waals surface area contributed by atoms with E-state index in [9.17, 15) is 23.5 Å². The second kappa shape index (κ2) is 8.81. The van der Waals surface area contributed by atoms with Crippen molar-refractivity contribution in [2.24, 2.45) is 0 Å². The number of rotatable bonds is 3. The number of aryl methyl sites for hydroxylation is 2. The summed E-state index contributed by atoms with van der Waals surface area (Å²) in [6.45, 7) is 3.60. The molecule has 2 rings (SSSR count). The molecule has 0 fully saturated rings. The molecule has 0 atom stereocenters. The summed E-state index contributed by atoms with van der Waals surface area (Å²) in [4.78, 5) is 10.0. The van der Waals surface area contributed by atoms with Gasteiger partial charge in [0.1, 0.15) is 5.75 Å². The molecule has 0 aliphatic heterocycles. The first kappa shape index (κ1) is 21.6. The van der Waals surface area contributed by atoms with Gasteiger partial charge in [0.25, 0.3) is 0 Å². The van der Waals surface area contributed by atoms with Crippen molar-refractivity contribution in [3.8, 4) is 11.5 Å². The number of hydrogen-bond donors (Lipinski definition) is 0.